The summed E-state index contributed by atoms with van der Waals surface area (Å²) < 4.78 is 13.2. The fourth-order valence-corrected chi connectivity index (χ4v) is 3.09. The highest BCUT2D eigenvalue weighted by molar-refractivity contribution is 8.00. The number of hydrogen-bond acceptors (Lipinski definition) is 4. The first kappa shape index (κ1) is 13.1. The highest BCUT2D eigenvalue weighted by Gasteiger charge is 2.30. The van der Waals surface area contributed by atoms with Crippen LogP contribution in [-0.4, -0.2) is 39.4 Å². The third-order valence-corrected chi connectivity index (χ3v) is 4.60. The third-order valence-electron chi connectivity index (χ3n) is 3.26. The van der Waals surface area contributed by atoms with Gasteiger partial charge < -0.3 is 10.6 Å². The molecule has 1 aliphatic heterocycles. The van der Waals surface area contributed by atoms with Crippen LogP contribution in [0.25, 0.3) is 0 Å². The zero-order chi connectivity index (χ0) is 13.3. The second-order valence-corrected chi connectivity index (χ2v) is 5.89. The number of aromatic nitrogens is 1. The van der Waals surface area contributed by atoms with Crippen LogP contribution in [-0.2, 0) is 0 Å². The number of thioether (sulfide) groups is 1. The van der Waals surface area contributed by atoms with Gasteiger partial charge >= 0.3 is 0 Å². The molecule has 2 N–H and O–H groups in total. The number of carbonyl (C=O) groups excluding carboxylic acids is 1. The van der Waals surface area contributed by atoms with Crippen molar-refractivity contribution in [2.75, 3.05) is 18.0 Å². The Balaban J connectivity index is 2.27. The zero-order valence-corrected chi connectivity index (χ0v) is 11.2. The SMILES string of the molecule is CC1SCCN(C(=O)c2cc(F)cnc2N)C1C. The summed E-state index contributed by atoms with van der Waals surface area (Å²) in [7, 11) is 0. The van der Waals surface area contributed by atoms with Crippen molar-refractivity contribution in [1.29, 1.82) is 0 Å². The Kier molecular flexibility index (Phi) is 3.75. The first-order valence-corrected chi connectivity index (χ1v) is 6.89. The summed E-state index contributed by atoms with van der Waals surface area (Å²) in [5.41, 5.74) is 5.80. The van der Waals surface area contributed by atoms with E-state index >= 15 is 0 Å². The van der Waals surface area contributed by atoms with Crippen molar-refractivity contribution in [3.05, 3.63) is 23.6 Å². The van der Waals surface area contributed by atoms with E-state index in [0.29, 0.717) is 11.8 Å². The van der Waals surface area contributed by atoms with Gasteiger partial charge in [-0.3, -0.25) is 4.79 Å². The Labute approximate surface area is 110 Å². The van der Waals surface area contributed by atoms with E-state index in [-0.39, 0.29) is 23.3 Å². The summed E-state index contributed by atoms with van der Waals surface area (Å²) in [5, 5.41) is 0.366. The largest absolute Gasteiger partial charge is 0.383 e. The Morgan fingerprint density at radius 2 is 2.33 bits per heavy atom. The molecule has 2 rings (SSSR count). The second-order valence-electron chi connectivity index (χ2n) is 4.40. The lowest BCUT2D eigenvalue weighted by Crippen LogP contribution is -2.48. The number of rotatable bonds is 1. The van der Waals surface area contributed by atoms with Crippen LogP contribution in [0.2, 0.25) is 0 Å². The van der Waals surface area contributed by atoms with Crippen molar-refractivity contribution in [2.45, 2.75) is 25.1 Å². The van der Waals surface area contributed by atoms with E-state index in [1.807, 2.05) is 18.7 Å². The van der Waals surface area contributed by atoms with E-state index < -0.39 is 5.82 Å². The fourth-order valence-electron chi connectivity index (χ4n) is 2.00. The van der Waals surface area contributed by atoms with E-state index in [9.17, 15) is 9.18 Å². The lowest BCUT2D eigenvalue weighted by molar-refractivity contribution is 0.0698. The molecular formula is C12H16FN3OS. The van der Waals surface area contributed by atoms with Crippen LogP contribution >= 0.6 is 11.8 Å². The maximum absolute atomic E-state index is 13.2. The standard InChI is InChI=1S/C12H16FN3OS/c1-7-8(2)18-4-3-16(7)12(17)10-5-9(13)6-15-11(10)14/h5-8H,3-4H2,1-2H3,(H2,14,15). The lowest BCUT2D eigenvalue weighted by atomic mass is 10.1. The lowest BCUT2D eigenvalue weighted by Gasteiger charge is -2.37. The van der Waals surface area contributed by atoms with E-state index in [2.05, 4.69) is 11.9 Å². The second kappa shape index (κ2) is 5.14. The molecule has 1 aliphatic rings. The van der Waals surface area contributed by atoms with E-state index in [4.69, 9.17) is 5.73 Å². The molecule has 2 heterocycles. The van der Waals surface area contributed by atoms with Gasteiger partial charge in [-0.1, -0.05) is 6.92 Å². The smallest absolute Gasteiger partial charge is 0.258 e. The zero-order valence-electron chi connectivity index (χ0n) is 10.4. The molecule has 0 aromatic carbocycles. The molecule has 98 valence electrons. The first-order valence-electron chi connectivity index (χ1n) is 5.84. The highest BCUT2D eigenvalue weighted by atomic mass is 32.2. The topological polar surface area (TPSA) is 59.2 Å². The van der Waals surface area contributed by atoms with Crippen molar-refractivity contribution in [3.63, 3.8) is 0 Å². The monoisotopic (exact) mass is 269 g/mol. The number of nitrogens with two attached hydrogens (primary N) is 1. The number of nitrogen functional groups attached to an aromatic ring is 1. The summed E-state index contributed by atoms with van der Waals surface area (Å²) in [4.78, 5) is 17.8. The Hall–Kier alpha value is -1.30. The number of amides is 1. The van der Waals surface area contributed by atoms with Gasteiger partial charge in [0, 0.05) is 23.6 Å². The number of pyridine rings is 1. The van der Waals surface area contributed by atoms with Crippen LogP contribution in [0.5, 0.6) is 0 Å². The van der Waals surface area contributed by atoms with Gasteiger partial charge in [0.2, 0.25) is 0 Å². The normalized spacial score (nSPS) is 24.1. The summed E-state index contributed by atoms with van der Waals surface area (Å²) >= 11 is 1.84. The van der Waals surface area contributed by atoms with Crippen LogP contribution in [0.15, 0.2) is 12.3 Å². The van der Waals surface area contributed by atoms with Crippen LogP contribution in [0.1, 0.15) is 24.2 Å². The molecule has 0 saturated carbocycles. The third kappa shape index (κ3) is 2.43. The molecule has 6 heteroatoms. The maximum atomic E-state index is 13.2. The molecule has 0 radical (unpaired) electrons. The minimum Gasteiger partial charge on any atom is -0.383 e. The predicted octanol–water partition coefficient (Wildman–Crippen LogP) is 1.77. The van der Waals surface area contributed by atoms with Gasteiger partial charge in [0.1, 0.15) is 11.6 Å². The molecule has 4 nitrogen and oxygen atoms in total. The molecule has 0 aliphatic carbocycles. The number of nitrogens with zero attached hydrogens (tertiary/aromatic N) is 2. The number of hydrogen-bond donors (Lipinski definition) is 1. The van der Waals surface area contributed by atoms with Crippen LogP contribution in [0, 0.1) is 5.82 Å². The van der Waals surface area contributed by atoms with Crippen molar-refractivity contribution in [2.24, 2.45) is 0 Å². The van der Waals surface area contributed by atoms with Gasteiger partial charge in [-0.15, -0.1) is 0 Å². The van der Waals surface area contributed by atoms with Crippen LogP contribution < -0.4 is 5.73 Å². The summed E-state index contributed by atoms with van der Waals surface area (Å²) in [6, 6.07) is 1.27. The minimum absolute atomic E-state index is 0.0829. The predicted molar refractivity (Wildman–Crippen MR) is 71.0 cm³/mol. The Morgan fingerprint density at radius 3 is 3.06 bits per heavy atom. The molecule has 0 bridgehead atoms. The Bertz CT molecular complexity index is 469. The summed E-state index contributed by atoms with van der Waals surface area (Å²) in [6.45, 7) is 4.74. The molecule has 1 saturated heterocycles. The Morgan fingerprint density at radius 1 is 1.61 bits per heavy atom. The first-order chi connectivity index (χ1) is 8.50. The summed E-state index contributed by atoms with van der Waals surface area (Å²) in [6.07, 6.45) is 1.02. The van der Waals surface area contributed by atoms with Gasteiger partial charge in [0.25, 0.3) is 5.91 Å². The van der Waals surface area contributed by atoms with Gasteiger partial charge in [-0.2, -0.15) is 11.8 Å². The molecule has 2 atom stereocenters. The molecule has 1 aromatic heterocycles. The average Bonchev–Trinajstić information content (AvgIpc) is 2.35. The number of carbonyl (C=O) groups is 1. The van der Waals surface area contributed by atoms with Crippen molar-refractivity contribution < 1.29 is 9.18 Å². The fraction of sp³-hybridized carbons (Fsp3) is 0.500. The summed E-state index contributed by atoms with van der Waals surface area (Å²) in [5.74, 6) is 0.193. The van der Waals surface area contributed by atoms with Crippen molar-refractivity contribution >= 4 is 23.5 Å². The average molecular weight is 269 g/mol. The van der Waals surface area contributed by atoms with Crippen LogP contribution in [0.4, 0.5) is 10.2 Å². The van der Waals surface area contributed by atoms with E-state index in [1.54, 1.807) is 4.90 Å². The van der Waals surface area contributed by atoms with E-state index in [1.165, 1.54) is 0 Å². The van der Waals surface area contributed by atoms with Gasteiger partial charge in [-0.25, -0.2) is 9.37 Å². The van der Waals surface area contributed by atoms with E-state index in [0.717, 1.165) is 18.0 Å². The number of anilines is 1. The molecular weight excluding hydrogens is 253 g/mol. The molecule has 1 amide bonds. The molecule has 18 heavy (non-hydrogen) atoms. The van der Waals surface area contributed by atoms with Crippen molar-refractivity contribution in [3.8, 4) is 0 Å². The molecule has 2 unspecified atom stereocenters. The number of halogens is 1. The van der Waals surface area contributed by atoms with Crippen LogP contribution in [0.3, 0.4) is 0 Å². The molecule has 1 aromatic rings. The quantitative estimate of drug-likeness (QED) is 0.844. The highest BCUT2D eigenvalue weighted by Crippen LogP contribution is 2.26. The van der Waals surface area contributed by atoms with Gasteiger partial charge in [0.05, 0.1) is 11.8 Å². The maximum Gasteiger partial charge on any atom is 0.258 e. The minimum atomic E-state index is -0.542. The van der Waals surface area contributed by atoms with Crippen molar-refractivity contribution in [1.82, 2.24) is 9.88 Å². The van der Waals surface area contributed by atoms with Gasteiger partial charge in [-0.05, 0) is 13.0 Å². The molecule has 0 spiro atoms. The van der Waals surface area contributed by atoms with Gasteiger partial charge in [0.15, 0.2) is 0 Å². The molecule has 1 fully saturated rings.